The van der Waals surface area contributed by atoms with Gasteiger partial charge in [0.05, 0.1) is 24.3 Å². The molecule has 0 bridgehead atoms. The molecule has 5 nitrogen and oxygen atoms in total. The van der Waals surface area contributed by atoms with Crippen LogP contribution in [0.15, 0.2) is 46.9 Å². The highest BCUT2D eigenvalue weighted by molar-refractivity contribution is 9.10. The summed E-state index contributed by atoms with van der Waals surface area (Å²) in [5, 5.41) is 0. The van der Waals surface area contributed by atoms with Crippen LogP contribution in [0.2, 0.25) is 0 Å². The molecule has 0 aliphatic carbocycles. The first-order chi connectivity index (χ1) is 11.5. The molecule has 0 aliphatic rings. The zero-order valence-electron chi connectivity index (χ0n) is 13.5. The molecular weight excluding hydrogens is 376 g/mol. The Morgan fingerprint density at radius 3 is 2.12 bits per heavy atom. The van der Waals surface area contributed by atoms with Gasteiger partial charge in [-0.15, -0.1) is 0 Å². The second kappa shape index (κ2) is 7.97. The first kappa shape index (κ1) is 18.0. The Morgan fingerprint density at radius 1 is 0.958 bits per heavy atom. The molecule has 1 atom stereocenters. The maximum Gasteiger partial charge on any atom is 0.338 e. The molecule has 0 N–H and O–H groups in total. The van der Waals surface area contributed by atoms with Gasteiger partial charge in [-0.1, -0.05) is 0 Å². The molecule has 0 amide bonds. The van der Waals surface area contributed by atoms with E-state index in [0.29, 0.717) is 27.1 Å². The van der Waals surface area contributed by atoms with Gasteiger partial charge in [0.2, 0.25) is 5.78 Å². The number of ether oxygens (including phenoxy) is 3. The molecule has 0 unspecified atom stereocenters. The van der Waals surface area contributed by atoms with Crippen LogP contribution in [0, 0.1) is 0 Å². The van der Waals surface area contributed by atoms with Gasteiger partial charge in [-0.3, -0.25) is 4.79 Å². The fourth-order valence-electron chi connectivity index (χ4n) is 2.07. The van der Waals surface area contributed by atoms with E-state index in [2.05, 4.69) is 15.9 Å². The molecule has 0 saturated heterocycles. The number of esters is 1. The Hall–Kier alpha value is -2.34. The number of Topliss-reactive ketones (excluding diaryl/α,β-unsaturated/α-hetero) is 1. The van der Waals surface area contributed by atoms with Gasteiger partial charge < -0.3 is 14.2 Å². The second-order valence-electron chi connectivity index (χ2n) is 4.99. The second-order valence-corrected chi connectivity index (χ2v) is 5.84. The monoisotopic (exact) mass is 392 g/mol. The van der Waals surface area contributed by atoms with E-state index < -0.39 is 12.1 Å². The van der Waals surface area contributed by atoms with Crippen molar-refractivity contribution in [2.24, 2.45) is 0 Å². The van der Waals surface area contributed by atoms with Crippen molar-refractivity contribution in [3.8, 4) is 11.5 Å². The van der Waals surface area contributed by atoms with E-state index in [1.165, 1.54) is 7.11 Å². The van der Waals surface area contributed by atoms with Gasteiger partial charge in [0.1, 0.15) is 11.5 Å². The fourth-order valence-corrected chi connectivity index (χ4v) is 2.61. The van der Waals surface area contributed by atoms with Crippen LogP contribution in [0.4, 0.5) is 0 Å². The van der Waals surface area contributed by atoms with Crippen LogP contribution >= 0.6 is 15.9 Å². The zero-order valence-corrected chi connectivity index (χ0v) is 15.1. The molecule has 0 spiro atoms. The summed E-state index contributed by atoms with van der Waals surface area (Å²) in [6.07, 6.45) is -0.897. The topological polar surface area (TPSA) is 61.8 Å². The average Bonchev–Trinajstić information content (AvgIpc) is 2.60. The van der Waals surface area contributed by atoms with Crippen molar-refractivity contribution in [1.82, 2.24) is 0 Å². The van der Waals surface area contributed by atoms with Gasteiger partial charge in [0.15, 0.2) is 6.10 Å². The number of carbonyl (C=O) groups excluding carboxylic acids is 2. The number of hydrogen-bond acceptors (Lipinski definition) is 5. The van der Waals surface area contributed by atoms with Crippen molar-refractivity contribution >= 4 is 27.7 Å². The summed E-state index contributed by atoms with van der Waals surface area (Å²) in [6, 6.07) is 11.5. The summed E-state index contributed by atoms with van der Waals surface area (Å²) in [6.45, 7) is 1.54. The third-order valence-electron chi connectivity index (χ3n) is 3.42. The first-order valence-electron chi connectivity index (χ1n) is 7.19. The molecule has 0 heterocycles. The first-order valence-corrected chi connectivity index (χ1v) is 7.98. The third kappa shape index (κ3) is 4.14. The molecular formula is C18H17BrO5. The number of benzene rings is 2. The van der Waals surface area contributed by atoms with E-state index in [-0.39, 0.29) is 5.78 Å². The van der Waals surface area contributed by atoms with Gasteiger partial charge in [-0.25, -0.2) is 4.79 Å². The quantitative estimate of drug-likeness (QED) is 0.551. The van der Waals surface area contributed by atoms with Gasteiger partial charge in [0, 0.05) is 5.56 Å². The number of rotatable bonds is 6. The van der Waals surface area contributed by atoms with Crippen LogP contribution in [0.5, 0.6) is 11.5 Å². The predicted octanol–water partition coefficient (Wildman–Crippen LogP) is 3.89. The minimum atomic E-state index is -0.897. The van der Waals surface area contributed by atoms with Crippen molar-refractivity contribution in [3.05, 3.63) is 58.1 Å². The number of hydrogen-bond donors (Lipinski definition) is 0. The lowest BCUT2D eigenvalue weighted by Gasteiger charge is -2.13. The Balaban J connectivity index is 2.07. The summed E-state index contributed by atoms with van der Waals surface area (Å²) in [5.74, 6) is 0.402. The van der Waals surface area contributed by atoms with Crippen molar-refractivity contribution < 1.29 is 23.8 Å². The molecule has 0 saturated carbocycles. The number of halogens is 1. The molecule has 6 heteroatoms. The third-order valence-corrected chi connectivity index (χ3v) is 4.03. The number of carbonyl (C=O) groups is 2. The molecule has 126 valence electrons. The Morgan fingerprint density at radius 2 is 1.58 bits per heavy atom. The molecule has 0 fully saturated rings. The minimum Gasteiger partial charge on any atom is -0.497 e. The molecule has 0 aromatic heterocycles. The maximum atomic E-state index is 12.3. The van der Waals surface area contributed by atoms with Crippen molar-refractivity contribution in [3.63, 3.8) is 0 Å². The minimum absolute atomic E-state index is 0.279. The predicted molar refractivity (Wildman–Crippen MR) is 92.9 cm³/mol. The van der Waals surface area contributed by atoms with E-state index in [9.17, 15) is 9.59 Å². The lowest BCUT2D eigenvalue weighted by Crippen LogP contribution is -2.24. The van der Waals surface area contributed by atoms with Crippen LogP contribution in [-0.2, 0) is 4.74 Å². The van der Waals surface area contributed by atoms with E-state index >= 15 is 0 Å². The van der Waals surface area contributed by atoms with Crippen molar-refractivity contribution in [2.75, 3.05) is 14.2 Å². The summed E-state index contributed by atoms with van der Waals surface area (Å²) in [7, 11) is 3.09. The summed E-state index contributed by atoms with van der Waals surface area (Å²) in [4.78, 5) is 24.5. The van der Waals surface area contributed by atoms with Gasteiger partial charge in [-0.05, 0) is 65.3 Å². The van der Waals surface area contributed by atoms with Gasteiger partial charge >= 0.3 is 5.97 Å². The largest absolute Gasteiger partial charge is 0.497 e. The molecule has 2 aromatic rings. The van der Waals surface area contributed by atoms with Gasteiger partial charge in [-0.2, -0.15) is 0 Å². The van der Waals surface area contributed by atoms with E-state index in [0.717, 1.165) is 0 Å². The van der Waals surface area contributed by atoms with Crippen molar-refractivity contribution in [2.45, 2.75) is 13.0 Å². The standard InChI is InChI=1S/C18H17BrO5/c1-11(17(20)12-4-7-14(22-2)8-5-12)24-18(21)13-6-9-16(23-3)15(19)10-13/h4-11H,1-3H3/t11-/m1/s1. The smallest absolute Gasteiger partial charge is 0.338 e. The maximum absolute atomic E-state index is 12.3. The summed E-state index contributed by atoms with van der Waals surface area (Å²) < 4.78 is 16.1. The van der Waals surface area contributed by atoms with Crippen LogP contribution in [0.1, 0.15) is 27.6 Å². The summed E-state index contributed by atoms with van der Waals surface area (Å²) in [5.41, 5.74) is 0.782. The Kier molecular flexibility index (Phi) is 5.98. The highest BCUT2D eigenvalue weighted by Gasteiger charge is 2.21. The number of methoxy groups -OCH3 is 2. The van der Waals surface area contributed by atoms with E-state index in [1.54, 1.807) is 56.5 Å². The Bertz CT molecular complexity index is 740. The van der Waals surface area contributed by atoms with E-state index in [1.807, 2.05) is 0 Å². The van der Waals surface area contributed by atoms with Crippen LogP contribution in [0.3, 0.4) is 0 Å². The molecule has 24 heavy (non-hydrogen) atoms. The van der Waals surface area contributed by atoms with Gasteiger partial charge in [0.25, 0.3) is 0 Å². The van der Waals surface area contributed by atoms with Crippen LogP contribution in [-0.4, -0.2) is 32.1 Å². The highest BCUT2D eigenvalue weighted by Crippen LogP contribution is 2.26. The average molecular weight is 393 g/mol. The normalized spacial score (nSPS) is 11.5. The summed E-state index contributed by atoms with van der Waals surface area (Å²) >= 11 is 3.31. The lowest BCUT2D eigenvalue weighted by atomic mass is 10.1. The lowest BCUT2D eigenvalue weighted by molar-refractivity contribution is 0.0318. The van der Waals surface area contributed by atoms with E-state index in [4.69, 9.17) is 14.2 Å². The molecule has 2 rings (SSSR count). The molecule has 0 radical (unpaired) electrons. The van der Waals surface area contributed by atoms with Crippen LogP contribution in [0.25, 0.3) is 0 Å². The Labute approximate surface area is 148 Å². The highest BCUT2D eigenvalue weighted by atomic mass is 79.9. The molecule has 2 aromatic carbocycles. The van der Waals surface area contributed by atoms with Crippen molar-refractivity contribution in [1.29, 1.82) is 0 Å². The SMILES string of the molecule is COc1ccc(C(=O)[C@@H](C)OC(=O)c2ccc(OC)c(Br)c2)cc1. The fraction of sp³-hybridized carbons (Fsp3) is 0.222. The molecule has 0 aliphatic heterocycles. The van der Waals surface area contributed by atoms with Crippen LogP contribution < -0.4 is 9.47 Å². The zero-order chi connectivity index (χ0) is 17.7. The number of ketones is 1.